The average Bonchev–Trinajstić information content (AvgIpc) is 2.82. The van der Waals surface area contributed by atoms with Crippen LogP contribution in [0.3, 0.4) is 0 Å². The number of pyridine rings is 1. The predicted octanol–water partition coefficient (Wildman–Crippen LogP) is 3.46. The number of hydrogen-bond donors (Lipinski definition) is 0. The monoisotopic (exact) mass is 221 g/mol. The molecule has 17 heavy (non-hydrogen) atoms. The Morgan fingerprint density at radius 3 is 2.76 bits per heavy atom. The van der Waals surface area contributed by atoms with Crippen molar-refractivity contribution in [1.82, 2.24) is 4.40 Å². The Labute approximate surface area is 98.8 Å². The molecule has 0 amide bonds. The van der Waals surface area contributed by atoms with Gasteiger partial charge in [-0.05, 0) is 29.7 Å². The minimum Gasteiger partial charge on any atom is -0.313 e. The van der Waals surface area contributed by atoms with Gasteiger partial charge in [0, 0.05) is 11.6 Å². The second-order valence-corrected chi connectivity index (χ2v) is 3.95. The van der Waals surface area contributed by atoms with Gasteiger partial charge in [-0.2, -0.15) is 0 Å². The van der Waals surface area contributed by atoms with Crippen LogP contribution < -0.4 is 0 Å². The van der Waals surface area contributed by atoms with Gasteiger partial charge in [0.1, 0.15) is 0 Å². The van der Waals surface area contributed by atoms with E-state index in [9.17, 15) is 4.79 Å². The van der Waals surface area contributed by atoms with Crippen LogP contribution in [0.15, 0.2) is 61.3 Å². The van der Waals surface area contributed by atoms with Crippen LogP contribution in [0.5, 0.6) is 0 Å². The molecule has 2 heterocycles. The normalized spacial score (nSPS) is 10.8. The molecule has 0 unspecified atom stereocenters. The van der Waals surface area contributed by atoms with E-state index in [-0.39, 0.29) is 5.78 Å². The zero-order valence-corrected chi connectivity index (χ0v) is 9.26. The summed E-state index contributed by atoms with van der Waals surface area (Å²) >= 11 is 0. The number of rotatable bonds is 2. The molecule has 3 rings (SSSR count). The number of ketones is 1. The number of carbonyl (C=O) groups excluding carboxylic acids is 1. The van der Waals surface area contributed by atoms with Crippen molar-refractivity contribution >= 4 is 22.1 Å². The molecule has 3 aromatic rings. The highest BCUT2D eigenvalue weighted by molar-refractivity contribution is 6.06. The summed E-state index contributed by atoms with van der Waals surface area (Å²) in [6.07, 6.45) is 3.27. The van der Waals surface area contributed by atoms with Crippen LogP contribution in [0, 0.1) is 0 Å². The Hall–Kier alpha value is -2.35. The highest BCUT2D eigenvalue weighted by atomic mass is 16.1. The number of fused-ring (bicyclic) bond motifs is 3. The molecule has 0 saturated heterocycles. The maximum absolute atomic E-state index is 11.7. The van der Waals surface area contributed by atoms with Crippen LogP contribution in [0.2, 0.25) is 0 Å². The molecular weight excluding hydrogens is 210 g/mol. The Morgan fingerprint density at radius 2 is 1.94 bits per heavy atom. The van der Waals surface area contributed by atoms with Crippen molar-refractivity contribution in [1.29, 1.82) is 0 Å². The highest BCUT2D eigenvalue weighted by Gasteiger charge is 2.08. The van der Waals surface area contributed by atoms with Crippen LogP contribution in [0.4, 0.5) is 0 Å². The fourth-order valence-corrected chi connectivity index (χ4v) is 2.16. The number of aromatic nitrogens is 1. The zero-order chi connectivity index (χ0) is 11.8. The lowest BCUT2D eigenvalue weighted by atomic mass is 10.1. The van der Waals surface area contributed by atoms with Crippen molar-refractivity contribution in [2.24, 2.45) is 0 Å². The summed E-state index contributed by atoms with van der Waals surface area (Å²) in [5, 5.41) is 2.33. The molecule has 0 N–H and O–H groups in total. The standard InChI is InChI=1S/C15H11NO/c1-2-15(17)14-8-7-13-12-6-4-3-5-11(12)9-10-16(13)14/h2-10H,1H2. The molecule has 82 valence electrons. The van der Waals surface area contributed by atoms with Crippen LogP contribution in [0.1, 0.15) is 10.5 Å². The van der Waals surface area contributed by atoms with Crippen molar-refractivity contribution in [2.45, 2.75) is 0 Å². The van der Waals surface area contributed by atoms with E-state index in [0.29, 0.717) is 5.69 Å². The molecule has 0 aliphatic rings. The van der Waals surface area contributed by atoms with Gasteiger partial charge in [-0.1, -0.05) is 30.8 Å². The average molecular weight is 221 g/mol. The van der Waals surface area contributed by atoms with Crippen molar-refractivity contribution < 1.29 is 4.79 Å². The molecule has 0 aliphatic heterocycles. The second kappa shape index (κ2) is 3.59. The topological polar surface area (TPSA) is 21.5 Å². The van der Waals surface area contributed by atoms with Crippen molar-refractivity contribution in [3.8, 4) is 0 Å². The SMILES string of the molecule is C=CC(=O)c1ccc2c3ccccc3ccn12. The molecular formula is C15H11NO. The number of nitrogens with zero attached hydrogens (tertiary/aromatic N) is 1. The molecule has 0 saturated carbocycles. The number of hydrogen-bond acceptors (Lipinski definition) is 1. The number of carbonyl (C=O) groups is 1. The van der Waals surface area contributed by atoms with E-state index >= 15 is 0 Å². The summed E-state index contributed by atoms with van der Waals surface area (Å²) in [7, 11) is 0. The van der Waals surface area contributed by atoms with Crippen LogP contribution in [-0.2, 0) is 0 Å². The van der Waals surface area contributed by atoms with E-state index in [0.717, 1.165) is 10.9 Å². The fraction of sp³-hybridized carbons (Fsp3) is 0. The molecule has 0 fully saturated rings. The van der Waals surface area contributed by atoms with Crippen molar-refractivity contribution in [2.75, 3.05) is 0 Å². The molecule has 2 aromatic heterocycles. The quantitative estimate of drug-likeness (QED) is 0.479. The number of benzene rings is 1. The van der Waals surface area contributed by atoms with E-state index in [1.165, 1.54) is 11.5 Å². The van der Waals surface area contributed by atoms with Crippen molar-refractivity contribution in [3.63, 3.8) is 0 Å². The minimum atomic E-state index is -0.0553. The molecule has 0 atom stereocenters. The first-order valence-corrected chi connectivity index (χ1v) is 5.47. The number of allylic oxidation sites excluding steroid dienone is 1. The molecule has 2 nitrogen and oxygen atoms in total. The third kappa shape index (κ3) is 1.38. The zero-order valence-electron chi connectivity index (χ0n) is 9.26. The van der Waals surface area contributed by atoms with E-state index in [1.807, 2.05) is 40.9 Å². The van der Waals surface area contributed by atoms with Gasteiger partial charge in [-0.3, -0.25) is 4.79 Å². The maximum atomic E-state index is 11.7. The van der Waals surface area contributed by atoms with E-state index in [4.69, 9.17) is 0 Å². The van der Waals surface area contributed by atoms with Gasteiger partial charge < -0.3 is 4.40 Å². The Bertz CT molecular complexity index is 737. The summed E-state index contributed by atoms with van der Waals surface area (Å²) in [5.41, 5.74) is 1.70. The predicted molar refractivity (Wildman–Crippen MR) is 69.4 cm³/mol. The summed E-state index contributed by atoms with van der Waals surface area (Å²) in [5.74, 6) is -0.0553. The van der Waals surface area contributed by atoms with Gasteiger partial charge in [-0.15, -0.1) is 0 Å². The van der Waals surface area contributed by atoms with Crippen LogP contribution in [0.25, 0.3) is 16.3 Å². The lowest BCUT2D eigenvalue weighted by Gasteiger charge is -2.03. The van der Waals surface area contributed by atoms with E-state index < -0.39 is 0 Å². The molecule has 2 heteroatoms. The van der Waals surface area contributed by atoms with Crippen LogP contribution in [-0.4, -0.2) is 10.2 Å². The molecule has 0 radical (unpaired) electrons. The lowest BCUT2D eigenvalue weighted by molar-refractivity contribution is 0.104. The fourth-order valence-electron chi connectivity index (χ4n) is 2.16. The Balaban J connectivity index is 2.42. The molecule has 1 aromatic carbocycles. The molecule has 0 aliphatic carbocycles. The van der Waals surface area contributed by atoms with Gasteiger partial charge in [0.2, 0.25) is 5.78 Å². The van der Waals surface area contributed by atoms with Gasteiger partial charge in [0.15, 0.2) is 0 Å². The first-order valence-electron chi connectivity index (χ1n) is 5.47. The first kappa shape index (κ1) is 9.85. The summed E-state index contributed by atoms with van der Waals surface area (Å²) < 4.78 is 1.91. The van der Waals surface area contributed by atoms with Gasteiger partial charge >= 0.3 is 0 Å². The third-order valence-corrected chi connectivity index (χ3v) is 3.00. The van der Waals surface area contributed by atoms with Gasteiger partial charge in [0.25, 0.3) is 0 Å². The lowest BCUT2D eigenvalue weighted by Crippen LogP contribution is -1.99. The summed E-state index contributed by atoms with van der Waals surface area (Å²) in [6, 6.07) is 14.0. The molecule has 0 bridgehead atoms. The minimum absolute atomic E-state index is 0.0553. The smallest absolute Gasteiger partial charge is 0.201 e. The maximum Gasteiger partial charge on any atom is 0.201 e. The van der Waals surface area contributed by atoms with E-state index in [1.54, 1.807) is 0 Å². The van der Waals surface area contributed by atoms with Crippen molar-refractivity contribution in [3.05, 3.63) is 67.0 Å². The van der Waals surface area contributed by atoms with Gasteiger partial charge in [0.05, 0.1) is 11.2 Å². The summed E-state index contributed by atoms with van der Waals surface area (Å²) in [4.78, 5) is 11.7. The van der Waals surface area contributed by atoms with Crippen LogP contribution >= 0.6 is 0 Å². The molecule has 0 spiro atoms. The highest BCUT2D eigenvalue weighted by Crippen LogP contribution is 2.22. The first-order chi connectivity index (χ1) is 8.31. The summed E-state index contributed by atoms with van der Waals surface area (Å²) in [6.45, 7) is 3.52. The third-order valence-electron chi connectivity index (χ3n) is 3.00. The Morgan fingerprint density at radius 1 is 1.12 bits per heavy atom. The van der Waals surface area contributed by atoms with E-state index in [2.05, 4.69) is 18.7 Å². The Kier molecular flexibility index (Phi) is 2.08. The van der Waals surface area contributed by atoms with Gasteiger partial charge in [-0.25, -0.2) is 0 Å². The largest absolute Gasteiger partial charge is 0.313 e. The second-order valence-electron chi connectivity index (χ2n) is 3.95.